The Morgan fingerprint density at radius 1 is 1.26 bits per heavy atom. The normalized spacial score (nSPS) is 20.8. The van der Waals surface area contributed by atoms with Gasteiger partial charge in [0.15, 0.2) is 0 Å². The van der Waals surface area contributed by atoms with Crippen molar-refractivity contribution in [2.45, 2.75) is 32.6 Å². The zero-order chi connectivity index (χ0) is 13.5. The van der Waals surface area contributed by atoms with Crippen LogP contribution in [-0.4, -0.2) is 18.0 Å². The lowest BCUT2D eigenvalue weighted by atomic mass is 9.91. The van der Waals surface area contributed by atoms with E-state index in [2.05, 4.69) is 53.5 Å². The monoisotopic (exact) mass is 256 g/mol. The third-order valence-corrected chi connectivity index (χ3v) is 3.70. The summed E-state index contributed by atoms with van der Waals surface area (Å²) < 4.78 is 0. The number of allylic oxidation sites excluding steroid dienone is 2. The minimum atomic E-state index is 0.650. The van der Waals surface area contributed by atoms with Crippen molar-refractivity contribution in [2.24, 2.45) is 0 Å². The van der Waals surface area contributed by atoms with Crippen LogP contribution in [0.2, 0.25) is 0 Å². The van der Waals surface area contributed by atoms with Gasteiger partial charge in [-0.1, -0.05) is 36.4 Å². The van der Waals surface area contributed by atoms with Crippen LogP contribution in [0.3, 0.4) is 0 Å². The molecule has 1 N–H and O–H groups in total. The maximum Gasteiger partial charge on any atom is 0.101 e. The third-order valence-electron chi connectivity index (χ3n) is 3.70. The van der Waals surface area contributed by atoms with E-state index in [0.29, 0.717) is 5.92 Å². The summed E-state index contributed by atoms with van der Waals surface area (Å²) in [6, 6.07) is 10.9. The molecule has 2 rings (SSSR count). The highest BCUT2D eigenvalue weighted by Gasteiger charge is 2.21. The molecule has 19 heavy (non-hydrogen) atoms. The summed E-state index contributed by atoms with van der Waals surface area (Å²) in [6.45, 7) is 6.38. The lowest BCUT2D eigenvalue weighted by molar-refractivity contribution is 0.248. The minimum Gasteiger partial charge on any atom is -0.358 e. The molecule has 2 nitrogen and oxygen atoms in total. The highest BCUT2D eigenvalue weighted by molar-refractivity contribution is 5.21. The number of hydrogen-bond donors (Lipinski definition) is 1. The van der Waals surface area contributed by atoms with E-state index >= 15 is 0 Å². The first kappa shape index (κ1) is 13.7. The van der Waals surface area contributed by atoms with E-state index in [9.17, 15) is 0 Å². The second-order valence-corrected chi connectivity index (χ2v) is 5.01. The van der Waals surface area contributed by atoms with Gasteiger partial charge in [-0.3, -0.25) is 0 Å². The van der Waals surface area contributed by atoms with Crippen LogP contribution in [0.5, 0.6) is 0 Å². The highest BCUT2D eigenvalue weighted by Crippen LogP contribution is 2.28. The smallest absolute Gasteiger partial charge is 0.101 e. The third kappa shape index (κ3) is 3.63. The number of nitrogens with one attached hydrogen (secondary N) is 1. The maximum absolute atomic E-state index is 3.37. The Morgan fingerprint density at radius 3 is 2.74 bits per heavy atom. The fourth-order valence-corrected chi connectivity index (χ4v) is 2.72. The summed E-state index contributed by atoms with van der Waals surface area (Å²) >= 11 is 0. The fourth-order valence-electron chi connectivity index (χ4n) is 2.72. The van der Waals surface area contributed by atoms with Crippen molar-refractivity contribution in [2.75, 3.05) is 13.1 Å². The molecule has 1 fully saturated rings. The van der Waals surface area contributed by atoms with Gasteiger partial charge in [0, 0.05) is 19.0 Å². The standard InChI is InChI=1S/C17H24N2/c1-3-12-18-17(4-2)19-13-8-11-16(14-19)15-9-6-5-7-10-15/h3-7,9-10,12,16,18H,8,11,13-14H2,1-2H3/b12-3-,17-4+. The summed E-state index contributed by atoms with van der Waals surface area (Å²) in [4.78, 5) is 2.46. The predicted molar refractivity (Wildman–Crippen MR) is 81.7 cm³/mol. The molecule has 1 unspecified atom stereocenters. The Balaban J connectivity index is 2.04. The van der Waals surface area contributed by atoms with Crippen LogP contribution in [0.4, 0.5) is 0 Å². The molecule has 0 saturated carbocycles. The van der Waals surface area contributed by atoms with Crippen molar-refractivity contribution in [1.29, 1.82) is 0 Å². The van der Waals surface area contributed by atoms with Crippen LogP contribution in [0.25, 0.3) is 0 Å². The van der Waals surface area contributed by atoms with Gasteiger partial charge in [0.25, 0.3) is 0 Å². The molecule has 0 aliphatic carbocycles. The first-order valence-corrected chi connectivity index (χ1v) is 7.19. The van der Waals surface area contributed by atoms with E-state index in [4.69, 9.17) is 0 Å². The lowest BCUT2D eigenvalue weighted by Crippen LogP contribution is -2.37. The first-order chi connectivity index (χ1) is 9.35. The van der Waals surface area contributed by atoms with Gasteiger partial charge in [-0.2, -0.15) is 0 Å². The van der Waals surface area contributed by atoms with Crippen molar-refractivity contribution in [3.63, 3.8) is 0 Å². The fraction of sp³-hybridized carbons (Fsp3) is 0.412. The quantitative estimate of drug-likeness (QED) is 0.880. The van der Waals surface area contributed by atoms with Gasteiger partial charge in [-0.15, -0.1) is 0 Å². The van der Waals surface area contributed by atoms with Crippen LogP contribution in [0.15, 0.2) is 54.5 Å². The number of likely N-dealkylation sites (tertiary alicyclic amines) is 1. The maximum atomic E-state index is 3.37. The minimum absolute atomic E-state index is 0.650. The van der Waals surface area contributed by atoms with Crippen LogP contribution in [0.1, 0.15) is 38.2 Å². The van der Waals surface area contributed by atoms with Gasteiger partial charge in [0.05, 0.1) is 0 Å². The molecule has 2 heteroatoms. The molecule has 1 aliphatic heterocycles. The summed E-state index contributed by atoms with van der Waals surface area (Å²) in [5, 5.41) is 3.37. The Labute approximate surface area is 116 Å². The number of nitrogens with zero attached hydrogens (tertiary/aromatic N) is 1. The molecule has 0 aromatic heterocycles. The molecular formula is C17H24N2. The van der Waals surface area contributed by atoms with Crippen LogP contribution in [0, 0.1) is 0 Å². The summed E-state index contributed by atoms with van der Waals surface area (Å²) in [5.41, 5.74) is 1.47. The SMILES string of the molecule is C/C=C\N/C(=C\C)N1CCCC(c2ccccc2)C1. The van der Waals surface area contributed by atoms with E-state index in [1.54, 1.807) is 0 Å². The average Bonchev–Trinajstić information content (AvgIpc) is 2.49. The second-order valence-electron chi connectivity index (χ2n) is 5.01. The van der Waals surface area contributed by atoms with Crippen molar-refractivity contribution >= 4 is 0 Å². The van der Waals surface area contributed by atoms with E-state index in [1.807, 2.05) is 19.2 Å². The van der Waals surface area contributed by atoms with Crippen molar-refractivity contribution in [3.8, 4) is 0 Å². The molecule has 1 aromatic rings. The largest absolute Gasteiger partial charge is 0.358 e. The van der Waals surface area contributed by atoms with Crippen LogP contribution in [-0.2, 0) is 0 Å². The average molecular weight is 256 g/mol. The molecule has 1 saturated heterocycles. The summed E-state index contributed by atoms with van der Waals surface area (Å²) in [5.74, 6) is 1.87. The molecule has 1 aliphatic rings. The highest BCUT2D eigenvalue weighted by atomic mass is 15.2. The Kier molecular flexibility index (Phi) is 5.08. The van der Waals surface area contributed by atoms with Gasteiger partial charge in [0.2, 0.25) is 0 Å². The van der Waals surface area contributed by atoms with Gasteiger partial charge in [-0.25, -0.2) is 0 Å². The van der Waals surface area contributed by atoms with Gasteiger partial charge < -0.3 is 10.2 Å². The molecule has 0 radical (unpaired) electrons. The first-order valence-electron chi connectivity index (χ1n) is 7.19. The zero-order valence-electron chi connectivity index (χ0n) is 12.0. The Bertz CT molecular complexity index is 434. The van der Waals surface area contributed by atoms with Gasteiger partial charge in [-0.05, 0) is 44.5 Å². The van der Waals surface area contributed by atoms with E-state index in [0.717, 1.165) is 13.1 Å². The van der Waals surface area contributed by atoms with Gasteiger partial charge >= 0.3 is 0 Å². The molecule has 1 heterocycles. The molecule has 0 amide bonds. The van der Waals surface area contributed by atoms with Gasteiger partial charge in [0.1, 0.15) is 5.82 Å². The van der Waals surface area contributed by atoms with Crippen molar-refractivity contribution in [3.05, 3.63) is 60.1 Å². The lowest BCUT2D eigenvalue weighted by Gasteiger charge is -2.36. The zero-order valence-corrected chi connectivity index (χ0v) is 12.0. The van der Waals surface area contributed by atoms with E-state index < -0.39 is 0 Å². The summed E-state index contributed by atoms with van der Waals surface area (Å²) in [6.07, 6.45) is 8.74. The predicted octanol–water partition coefficient (Wildman–Crippen LogP) is 3.85. The van der Waals surface area contributed by atoms with E-state index in [1.165, 1.54) is 24.2 Å². The van der Waals surface area contributed by atoms with Crippen LogP contribution >= 0.6 is 0 Å². The Morgan fingerprint density at radius 2 is 2.05 bits per heavy atom. The molecule has 1 atom stereocenters. The molecular weight excluding hydrogens is 232 g/mol. The molecule has 0 spiro atoms. The topological polar surface area (TPSA) is 15.3 Å². The number of benzene rings is 1. The van der Waals surface area contributed by atoms with Crippen LogP contribution < -0.4 is 5.32 Å². The number of rotatable bonds is 4. The summed E-state index contributed by atoms with van der Waals surface area (Å²) in [7, 11) is 0. The number of hydrogen-bond acceptors (Lipinski definition) is 2. The molecule has 0 bridgehead atoms. The van der Waals surface area contributed by atoms with E-state index in [-0.39, 0.29) is 0 Å². The Hall–Kier alpha value is -1.70. The second kappa shape index (κ2) is 7.03. The molecule has 102 valence electrons. The molecule has 1 aromatic carbocycles. The van der Waals surface area contributed by atoms with Crippen molar-refractivity contribution < 1.29 is 0 Å². The van der Waals surface area contributed by atoms with Crippen molar-refractivity contribution in [1.82, 2.24) is 10.2 Å². The number of piperidine rings is 1.